The predicted octanol–water partition coefficient (Wildman–Crippen LogP) is 2.50. The van der Waals surface area contributed by atoms with E-state index in [-0.39, 0.29) is 11.1 Å². The molecule has 2 nitrogen and oxygen atoms in total. The molecule has 0 spiro atoms. The van der Waals surface area contributed by atoms with Gasteiger partial charge in [-0.1, -0.05) is 26.7 Å². The Morgan fingerprint density at radius 3 is 2.53 bits per heavy atom. The van der Waals surface area contributed by atoms with Crippen molar-refractivity contribution in [3.63, 3.8) is 0 Å². The van der Waals surface area contributed by atoms with Crippen molar-refractivity contribution in [2.75, 3.05) is 13.1 Å². The summed E-state index contributed by atoms with van der Waals surface area (Å²) in [5, 5.41) is 3.69. The molecule has 0 saturated carbocycles. The van der Waals surface area contributed by atoms with Crippen molar-refractivity contribution >= 4 is 0 Å². The topological polar surface area (TPSA) is 15.3 Å². The Morgan fingerprint density at radius 1 is 1.53 bits per heavy atom. The summed E-state index contributed by atoms with van der Waals surface area (Å²) in [7, 11) is 0. The maximum Gasteiger partial charge on any atom is 0.0769 e. The lowest BCUT2D eigenvalue weighted by atomic mass is 9.86. The molecule has 1 aliphatic heterocycles. The molecule has 0 aliphatic carbocycles. The van der Waals surface area contributed by atoms with Gasteiger partial charge in [-0.3, -0.25) is 4.90 Å². The second-order valence-electron chi connectivity index (χ2n) is 6.44. The minimum atomic E-state index is -0.159. The quantitative estimate of drug-likeness (QED) is 0.757. The minimum Gasteiger partial charge on any atom is -0.309 e. The van der Waals surface area contributed by atoms with Crippen LogP contribution >= 0.6 is 0 Å². The molecular weight excluding hydrogens is 208 g/mol. The molecule has 0 aromatic heterocycles. The second kappa shape index (κ2) is 5.00. The highest BCUT2D eigenvalue weighted by atomic mass is 15.3. The van der Waals surface area contributed by atoms with Crippen LogP contribution in [0.2, 0.25) is 0 Å². The second-order valence-corrected chi connectivity index (χ2v) is 6.44. The van der Waals surface area contributed by atoms with E-state index in [9.17, 15) is 0 Å². The van der Waals surface area contributed by atoms with Gasteiger partial charge in [-0.25, -0.2) is 0 Å². The van der Waals surface area contributed by atoms with Gasteiger partial charge in [0.15, 0.2) is 0 Å². The van der Waals surface area contributed by atoms with E-state index in [1.54, 1.807) is 0 Å². The van der Waals surface area contributed by atoms with Crippen molar-refractivity contribution in [2.24, 2.45) is 5.92 Å². The van der Waals surface area contributed by atoms with Gasteiger partial charge in [0.2, 0.25) is 0 Å². The van der Waals surface area contributed by atoms with Gasteiger partial charge in [0.1, 0.15) is 0 Å². The van der Waals surface area contributed by atoms with E-state index in [0.717, 1.165) is 19.5 Å². The maximum absolute atomic E-state index is 5.72. The Morgan fingerprint density at radius 2 is 2.12 bits per heavy atom. The normalized spacial score (nSPS) is 31.5. The summed E-state index contributed by atoms with van der Waals surface area (Å²) in [4.78, 5) is 2.51. The Bertz CT molecular complexity index is 301. The zero-order chi connectivity index (χ0) is 13.3. The van der Waals surface area contributed by atoms with E-state index in [2.05, 4.69) is 57.7 Å². The summed E-state index contributed by atoms with van der Waals surface area (Å²) in [6.07, 6.45) is 6.85. The van der Waals surface area contributed by atoms with Gasteiger partial charge in [0.05, 0.1) is 5.54 Å². The number of piperazine rings is 1. The van der Waals surface area contributed by atoms with Crippen LogP contribution < -0.4 is 5.32 Å². The molecule has 98 valence electrons. The molecule has 0 bridgehead atoms. The Kier molecular flexibility index (Phi) is 4.28. The molecule has 1 N–H and O–H groups in total. The van der Waals surface area contributed by atoms with Crippen LogP contribution in [0.1, 0.15) is 48.0 Å². The summed E-state index contributed by atoms with van der Waals surface area (Å²) in [6, 6.07) is 0.528. The van der Waals surface area contributed by atoms with E-state index in [1.807, 2.05) is 0 Å². The van der Waals surface area contributed by atoms with Gasteiger partial charge in [0, 0.05) is 24.7 Å². The van der Waals surface area contributed by atoms with Crippen LogP contribution in [-0.4, -0.2) is 35.1 Å². The summed E-state index contributed by atoms with van der Waals surface area (Å²) >= 11 is 0. The number of nitrogens with one attached hydrogen (secondary N) is 1. The van der Waals surface area contributed by atoms with Crippen molar-refractivity contribution in [3.05, 3.63) is 0 Å². The first kappa shape index (κ1) is 14.5. The highest BCUT2D eigenvalue weighted by molar-refractivity contribution is 5.13. The van der Waals surface area contributed by atoms with Crippen LogP contribution in [0.15, 0.2) is 0 Å². The first-order chi connectivity index (χ1) is 7.75. The van der Waals surface area contributed by atoms with E-state index >= 15 is 0 Å². The number of hydrogen-bond donors (Lipinski definition) is 1. The minimum absolute atomic E-state index is 0.159. The lowest BCUT2D eigenvalue weighted by Crippen LogP contribution is -2.68. The Hall–Kier alpha value is -0.520. The number of hydrogen-bond acceptors (Lipinski definition) is 2. The highest BCUT2D eigenvalue weighted by Gasteiger charge is 2.41. The van der Waals surface area contributed by atoms with Crippen molar-refractivity contribution in [1.29, 1.82) is 0 Å². The molecule has 0 amide bonds. The lowest BCUT2D eigenvalue weighted by Gasteiger charge is -2.52. The van der Waals surface area contributed by atoms with Crippen molar-refractivity contribution in [1.82, 2.24) is 10.2 Å². The molecule has 1 heterocycles. The third-order valence-electron chi connectivity index (χ3n) is 4.28. The first-order valence-corrected chi connectivity index (χ1v) is 6.75. The van der Waals surface area contributed by atoms with Crippen LogP contribution in [0.4, 0.5) is 0 Å². The van der Waals surface area contributed by atoms with Crippen LogP contribution in [-0.2, 0) is 0 Å². The Balaban J connectivity index is 2.96. The zero-order valence-corrected chi connectivity index (χ0v) is 12.3. The highest BCUT2D eigenvalue weighted by Crippen LogP contribution is 2.29. The molecule has 1 aliphatic rings. The molecule has 0 radical (unpaired) electrons. The monoisotopic (exact) mass is 236 g/mol. The zero-order valence-electron chi connectivity index (χ0n) is 12.3. The molecule has 1 saturated heterocycles. The molecular formula is C15H28N2. The maximum atomic E-state index is 5.72. The van der Waals surface area contributed by atoms with Gasteiger partial charge < -0.3 is 5.32 Å². The van der Waals surface area contributed by atoms with E-state index in [4.69, 9.17) is 6.42 Å². The molecule has 2 unspecified atom stereocenters. The molecule has 0 aromatic carbocycles. The third kappa shape index (κ3) is 3.03. The van der Waals surface area contributed by atoms with Gasteiger partial charge in [-0.05, 0) is 33.1 Å². The van der Waals surface area contributed by atoms with Crippen LogP contribution in [0.3, 0.4) is 0 Å². The van der Waals surface area contributed by atoms with Crippen molar-refractivity contribution < 1.29 is 0 Å². The van der Waals surface area contributed by atoms with E-state index in [0.29, 0.717) is 12.0 Å². The van der Waals surface area contributed by atoms with E-state index < -0.39 is 0 Å². The fourth-order valence-electron chi connectivity index (χ4n) is 2.54. The van der Waals surface area contributed by atoms with Crippen LogP contribution in [0.25, 0.3) is 0 Å². The van der Waals surface area contributed by atoms with Crippen molar-refractivity contribution in [3.8, 4) is 12.3 Å². The predicted molar refractivity (Wildman–Crippen MR) is 74.9 cm³/mol. The lowest BCUT2D eigenvalue weighted by molar-refractivity contribution is 0.0102. The summed E-state index contributed by atoms with van der Waals surface area (Å²) in [5.41, 5.74) is 0.0347. The van der Waals surface area contributed by atoms with E-state index in [1.165, 1.54) is 0 Å². The standard InChI is InChI=1S/C15H28N2/c1-8-14(5,6)17-11-15(7,9-2)16-10-13(17)12(3)4/h1,12-13,16H,9-11H2,2-7H3. The SMILES string of the molecule is C#CC(C)(C)N1CC(C)(CC)NCC1C(C)C. The molecule has 0 aromatic rings. The van der Waals surface area contributed by atoms with Gasteiger partial charge in [0.25, 0.3) is 0 Å². The third-order valence-corrected chi connectivity index (χ3v) is 4.28. The van der Waals surface area contributed by atoms with Gasteiger partial charge in [-0.15, -0.1) is 6.42 Å². The number of rotatable bonds is 3. The molecule has 1 rings (SSSR count). The number of terminal acetylenes is 1. The smallest absolute Gasteiger partial charge is 0.0769 e. The summed E-state index contributed by atoms with van der Waals surface area (Å²) in [6.45, 7) is 15.5. The van der Waals surface area contributed by atoms with Crippen LogP contribution in [0.5, 0.6) is 0 Å². The van der Waals surface area contributed by atoms with Crippen molar-refractivity contribution in [2.45, 2.75) is 65.1 Å². The van der Waals surface area contributed by atoms with Gasteiger partial charge >= 0.3 is 0 Å². The molecule has 2 atom stereocenters. The summed E-state index contributed by atoms with van der Waals surface area (Å²) < 4.78 is 0. The largest absolute Gasteiger partial charge is 0.309 e. The fraction of sp³-hybridized carbons (Fsp3) is 0.867. The molecule has 2 heteroatoms. The first-order valence-electron chi connectivity index (χ1n) is 6.75. The number of nitrogens with zero attached hydrogens (tertiary/aromatic N) is 1. The van der Waals surface area contributed by atoms with Crippen LogP contribution in [0, 0.1) is 18.3 Å². The Labute approximate surface area is 107 Å². The average molecular weight is 236 g/mol. The molecule has 1 fully saturated rings. The van der Waals surface area contributed by atoms with Gasteiger partial charge in [-0.2, -0.15) is 0 Å². The average Bonchev–Trinajstić information content (AvgIpc) is 2.28. The summed E-state index contributed by atoms with van der Waals surface area (Å²) in [5.74, 6) is 3.58. The molecule has 17 heavy (non-hydrogen) atoms. The fourth-order valence-corrected chi connectivity index (χ4v) is 2.54.